The summed E-state index contributed by atoms with van der Waals surface area (Å²) in [7, 11) is 3.95. The van der Waals surface area contributed by atoms with Crippen LogP contribution in [0.2, 0.25) is 0 Å². The second-order valence-corrected chi connectivity index (χ2v) is 5.46. The summed E-state index contributed by atoms with van der Waals surface area (Å²) in [4.78, 5) is 14.4. The van der Waals surface area contributed by atoms with Gasteiger partial charge in [0.15, 0.2) is 0 Å². The Hall–Kier alpha value is -0.680. The predicted molar refractivity (Wildman–Crippen MR) is 69.2 cm³/mol. The van der Waals surface area contributed by atoms with E-state index in [0.29, 0.717) is 17.5 Å². The maximum absolute atomic E-state index is 12.0. The van der Waals surface area contributed by atoms with Gasteiger partial charge in [0, 0.05) is 13.1 Å². The summed E-state index contributed by atoms with van der Waals surface area (Å²) in [5, 5.41) is 2.91. The molecule has 0 saturated heterocycles. The molecule has 1 amide bonds. The molecule has 0 radical (unpaired) electrons. The minimum atomic E-state index is -0.568. The third kappa shape index (κ3) is 2.71. The molecule has 0 aliphatic heterocycles. The third-order valence-corrected chi connectivity index (χ3v) is 3.54. The van der Waals surface area contributed by atoms with E-state index in [1.165, 1.54) is 0 Å². The van der Waals surface area contributed by atoms with Gasteiger partial charge in [0.1, 0.15) is 0 Å². The van der Waals surface area contributed by atoms with Gasteiger partial charge in [-0.3, -0.25) is 4.79 Å². The lowest BCUT2D eigenvalue weighted by Crippen LogP contribution is -2.56. The first-order valence-corrected chi connectivity index (χ1v) is 6.02. The second kappa shape index (κ2) is 5.10. The first-order valence-electron chi connectivity index (χ1n) is 5.61. The zero-order valence-electron chi connectivity index (χ0n) is 10.2. The summed E-state index contributed by atoms with van der Waals surface area (Å²) < 4.78 is 0. The fraction of sp³-hybridized carbons (Fsp3) is 0.818. The number of rotatable bonds is 5. The lowest BCUT2D eigenvalue weighted by Gasteiger charge is -2.44. The van der Waals surface area contributed by atoms with Crippen LogP contribution >= 0.6 is 12.2 Å². The molecule has 1 rings (SSSR count). The van der Waals surface area contributed by atoms with E-state index in [0.717, 1.165) is 19.4 Å². The molecule has 0 spiro atoms. The van der Waals surface area contributed by atoms with E-state index >= 15 is 0 Å². The van der Waals surface area contributed by atoms with Crippen LogP contribution in [0.25, 0.3) is 0 Å². The molecule has 1 fully saturated rings. The van der Waals surface area contributed by atoms with E-state index in [1.54, 1.807) is 0 Å². The van der Waals surface area contributed by atoms with E-state index in [-0.39, 0.29) is 5.91 Å². The van der Waals surface area contributed by atoms with Crippen LogP contribution in [-0.2, 0) is 4.79 Å². The molecule has 0 atom stereocenters. The van der Waals surface area contributed by atoms with Crippen molar-refractivity contribution in [3.05, 3.63) is 0 Å². The van der Waals surface area contributed by atoms with Gasteiger partial charge >= 0.3 is 0 Å². The normalized spacial score (nSPS) is 28.6. The Morgan fingerprint density at radius 3 is 2.50 bits per heavy atom. The van der Waals surface area contributed by atoms with Crippen LogP contribution in [0.15, 0.2) is 0 Å². The fourth-order valence-corrected chi connectivity index (χ4v) is 2.45. The topological polar surface area (TPSA) is 58.4 Å². The molecule has 1 aliphatic rings. The Kier molecular flexibility index (Phi) is 4.27. The van der Waals surface area contributed by atoms with Gasteiger partial charge in [-0.05, 0) is 32.9 Å². The summed E-state index contributed by atoms with van der Waals surface area (Å²) in [6.07, 6.45) is 1.58. The molecule has 16 heavy (non-hydrogen) atoms. The number of carbonyl (C=O) groups excluding carboxylic acids is 1. The number of nitrogens with zero attached hydrogens (tertiary/aromatic N) is 1. The first-order chi connectivity index (χ1) is 7.38. The molecule has 0 aromatic heterocycles. The van der Waals surface area contributed by atoms with E-state index in [9.17, 15) is 4.79 Å². The monoisotopic (exact) mass is 243 g/mol. The highest BCUT2D eigenvalue weighted by molar-refractivity contribution is 7.80. The quantitative estimate of drug-likeness (QED) is 0.685. The molecule has 0 heterocycles. The number of nitrogens with one attached hydrogen (secondary N) is 1. The predicted octanol–water partition coefficient (Wildman–Crippen LogP) is 0.367. The van der Waals surface area contributed by atoms with Crippen molar-refractivity contribution in [1.29, 1.82) is 0 Å². The molecular formula is C11H21N3OS. The lowest BCUT2D eigenvalue weighted by atomic mass is 9.62. The van der Waals surface area contributed by atoms with Gasteiger partial charge in [0.05, 0.1) is 10.4 Å². The zero-order chi connectivity index (χ0) is 12.3. The number of thiocarbonyl (C=S) groups is 1. The summed E-state index contributed by atoms with van der Waals surface area (Å²) in [6.45, 7) is 3.59. The highest BCUT2D eigenvalue weighted by atomic mass is 32.1. The Labute approximate surface area is 103 Å². The maximum Gasteiger partial charge on any atom is 0.233 e. The number of hydrogen-bond donors (Lipinski definition) is 2. The van der Waals surface area contributed by atoms with Gasteiger partial charge in [-0.2, -0.15) is 0 Å². The minimum Gasteiger partial charge on any atom is -0.392 e. The van der Waals surface area contributed by atoms with Crippen LogP contribution in [0.4, 0.5) is 0 Å². The minimum absolute atomic E-state index is 0.0000463. The second-order valence-electron chi connectivity index (χ2n) is 5.02. The number of carbonyl (C=O) groups is 1. The van der Waals surface area contributed by atoms with Crippen LogP contribution in [0.3, 0.4) is 0 Å². The van der Waals surface area contributed by atoms with Gasteiger partial charge < -0.3 is 16.0 Å². The standard InChI is InChI=1S/C11H21N3OS/c1-8-6-11(7-8,9(12)16)10(15)13-4-5-14(2)3/h8H,4-7H2,1-3H3,(H2,12,16)(H,13,15). The molecule has 92 valence electrons. The van der Waals surface area contributed by atoms with Gasteiger partial charge in [0.25, 0.3) is 0 Å². The number of likely N-dealkylation sites (N-methyl/N-ethyl adjacent to an activating group) is 1. The molecule has 0 aromatic rings. The van der Waals surface area contributed by atoms with Crippen molar-refractivity contribution < 1.29 is 4.79 Å². The Morgan fingerprint density at radius 1 is 1.56 bits per heavy atom. The Bertz CT molecular complexity index is 285. The molecule has 0 aromatic carbocycles. The van der Waals surface area contributed by atoms with Crippen LogP contribution in [0, 0.1) is 11.3 Å². The molecule has 0 unspecified atom stereocenters. The van der Waals surface area contributed by atoms with Crippen molar-refractivity contribution in [1.82, 2.24) is 10.2 Å². The highest BCUT2D eigenvalue weighted by Crippen LogP contribution is 2.45. The van der Waals surface area contributed by atoms with Crippen molar-refractivity contribution in [2.24, 2.45) is 17.1 Å². The van der Waals surface area contributed by atoms with Crippen molar-refractivity contribution in [3.8, 4) is 0 Å². The molecule has 1 aliphatic carbocycles. The average molecular weight is 243 g/mol. The van der Waals surface area contributed by atoms with Crippen molar-refractivity contribution in [2.45, 2.75) is 19.8 Å². The smallest absolute Gasteiger partial charge is 0.233 e. The number of amides is 1. The summed E-state index contributed by atoms with van der Waals surface area (Å²) in [5.74, 6) is 0.543. The van der Waals surface area contributed by atoms with Crippen molar-refractivity contribution >= 4 is 23.1 Å². The van der Waals surface area contributed by atoms with E-state index < -0.39 is 5.41 Å². The van der Waals surface area contributed by atoms with E-state index in [4.69, 9.17) is 18.0 Å². The lowest BCUT2D eigenvalue weighted by molar-refractivity contribution is -0.132. The average Bonchev–Trinajstić information content (AvgIpc) is 2.11. The molecule has 5 heteroatoms. The summed E-state index contributed by atoms with van der Waals surface area (Å²) >= 11 is 5.02. The van der Waals surface area contributed by atoms with Crippen LogP contribution < -0.4 is 11.1 Å². The third-order valence-electron chi connectivity index (χ3n) is 3.14. The highest BCUT2D eigenvalue weighted by Gasteiger charge is 2.50. The summed E-state index contributed by atoms with van der Waals surface area (Å²) in [6, 6.07) is 0. The van der Waals surface area contributed by atoms with Crippen LogP contribution in [0.1, 0.15) is 19.8 Å². The molecule has 4 nitrogen and oxygen atoms in total. The van der Waals surface area contributed by atoms with Crippen molar-refractivity contribution in [2.75, 3.05) is 27.2 Å². The van der Waals surface area contributed by atoms with E-state index in [2.05, 4.69) is 12.2 Å². The Morgan fingerprint density at radius 2 is 2.12 bits per heavy atom. The SMILES string of the molecule is CC1CC(C(=O)NCCN(C)C)(C(N)=S)C1. The van der Waals surface area contributed by atoms with Gasteiger partial charge in [0.2, 0.25) is 5.91 Å². The van der Waals surface area contributed by atoms with Crippen LogP contribution in [0.5, 0.6) is 0 Å². The molecular weight excluding hydrogens is 222 g/mol. The van der Waals surface area contributed by atoms with Gasteiger partial charge in [-0.15, -0.1) is 0 Å². The van der Waals surface area contributed by atoms with Crippen molar-refractivity contribution in [3.63, 3.8) is 0 Å². The maximum atomic E-state index is 12.0. The first kappa shape index (κ1) is 13.4. The molecule has 1 saturated carbocycles. The van der Waals surface area contributed by atoms with Gasteiger partial charge in [-0.1, -0.05) is 19.1 Å². The Balaban J connectivity index is 2.48. The zero-order valence-corrected chi connectivity index (χ0v) is 11.1. The van der Waals surface area contributed by atoms with E-state index in [1.807, 2.05) is 19.0 Å². The molecule has 0 bridgehead atoms. The van der Waals surface area contributed by atoms with Crippen LogP contribution in [-0.4, -0.2) is 43.0 Å². The molecule has 3 N–H and O–H groups in total. The fourth-order valence-electron chi connectivity index (χ4n) is 2.19. The van der Waals surface area contributed by atoms with Gasteiger partial charge in [-0.25, -0.2) is 0 Å². The summed E-state index contributed by atoms with van der Waals surface area (Å²) in [5.41, 5.74) is 5.12. The number of nitrogens with two attached hydrogens (primary N) is 1. The number of hydrogen-bond acceptors (Lipinski definition) is 3. The largest absolute Gasteiger partial charge is 0.392 e.